The lowest BCUT2D eigenvalue weighted by atomic mass is 9.99. The van der Waals surface area contributed by atoms with Gasteiger partial charge in [-0.05, 0) is 35.7 Å². The van der Waals surface area contributed by atoms with Gasteiger partial charge in [0.15, 0.2) is 0 Å². The second-order valence-corrected chi connectivity index (χ2v) is 5.61. The smallest absolute Gasteiger partial charge is 0.319 e. The van der Waals surface area contributed by atoms with Crippen LogP contribution in [0.25, 0.3) is 0 Å². The van der Waals surface area contributed by atoms with Crippen molar-refractivity contribution in [1.29, 1.82) is 0 Å². The predicted molar refractivity (Wildman–Crippen MR) is 86.9 cm³/mol. The molecule has 1 unspecified atom stereocenters. The van der Waals surface area contributed by atoms with Crippen LogP contribution in [0.2, 0.25) is 0 Å². The summed E-state index contributed by atoms with van der Waals surface area (Å²) >= 11 is 0. The zero-order valence-corrected chi connectivity index (χ0v) is 12.6. The zero-order valence-electron chi connectivity index (χ0n) is 12.6. The normalized spacial score (nSPS) is 16.7. The van der Waals surface area contributed by atoms with Crippen molar-refractivity contribution in [3.8, 4) is 0 Å². The van der Waals surface area contributed by atoms with Crippen LogP contribution in [0.15, 0.2) is 48.5 Å². The Balaban J connectivity index is 1.50. The first-order chi connectivity index (χ1) is 10.7. The molecule has 0 spiro atoms. The second kappa shape index (κ2) is 6.62. The van der Waals surface area contributed by atoms with Gasteiger partial charge in [-0.25, -0.2) is 4.79 Å². The molecule has 1 atom stereocenters. The van der Waals surface area contributed by atoms with Gasteiger partial charge in [0.25, 0.3) is 0 Å². The fourth-order valence-corrected chi connectivity index (χ4v) is 2.65. The summed E-state index contributed by atoms with van der Waals surface area (Å²) in [5.41, 5.74) is 4.46. The molecule has 1 heterocycles. The Kier molecular flexibility index (Phi) is 4.39. The van der Waals surface area contributed by atoms with Crippen LogP contribution in [0.3, 0.4) is 0 Å². The van der Waals surface area contributed by atoms with E-state index in [0.29, 0.717) is 13.2 Å². The lowest BCUT2D eigenvalue weighted by Gasteiger charge is -2.25. The summed E-state index contributed by atoms with van der Waals surface area (Å²) in [6.07, 6.45) is 0.860. The molecular formula is C18H20N2O2. The van der Waals surface area contributed by atoms with E-state index >= 15 is 0 Å². The first kappa shape index (κ1) is 14.6. The average molecular weight is 296 g/mol. The first-order valence-corrected chi connectivity index (χ1v) is 7.50. The first-order valence-electron chi connectivity index (χ1n) is 7.50. The highest BCUT2D eigenvalue weighted by Gasteiger charge is 2.19. The van der Waals surface area contributed by atoms with E-state index < -0.39 is 0 Å². The van der Waals surface area contributed by atoms with E-state index in [1.54, 1.807) is 0 Å². The molecule has 0 aliphatic carbocycles. The van der Waals surface area contributed by atoms with E-state index in [0.717, 1.165) is 17.7 Å². The van der Waals surface area contributed by atoms with Crippen LogP contribution in [0.4, 0.5) is 10.5 Å². The van der Waals surface area contributed by atoms with Gasteiger partial charge in [0.05, 0.1) is 12.7 Å². The fourth-order valence-electron chi connectivity index (χ4n) is 2.65. The summed E-state index contributed by atoms with van der Waals surface area (Å²) in [4.78, 5) is 11.9. The Bertz CT molecular complexity index is 670. The minimum Gasteiger partial charge on any atom is -0.371 e. The number of hydrogen-bond acceptors (Lipinski definition) is 2. The molecule has 2 N–H and O–H groups in total. The molecule has 4 heteroatoms. The molecular weight excluding hydrogens is 276 g/mol. The van der Waals surface area contributed by atoms with Crippen LogP contribution in [-0.4, -0.2) is 18.7 Å². The van der Waals surface area contributed by atoms with Crippen molar-refractivity contribution < 1.29 is 9.53 Å². The van der Waals surface area contributed by atoms with Crippen LogP contribution in [-0.2, 0) is 17.8 Å². The molecule has 0 aromatic heterocycles. The number of ether oxygens (including phenoxy) is 1. The minimum atomic E-state index is -0.201. The van der Waals surface area contributed by atoms with E-state index in [4.69, 9.17) is 4.74 Å². The lowest BCUT2D eigenvalue weighted by molar-refractivity contribution is 0.0308. The number of urea groups is 1. The SMILES string of the molecule is Cc1cccc(NC(=O)NCC2Cc3ccccc3CO2)c1. The molecule has 22 heavy (non-hydrogen) atoms. The summed E-state index contributed by atoms with van der Waals surface area (Å²) in [6.45, 7) is 3.12. The second-order valence-electron chi connectivity index (χ2n) is 5.61. The Morgan fingerprint density at radius 3 is 2.82 bits per heavy atom. The van der Waals surface area contributed by atoms with Crippen molar-refractivity contribution in [2.24, 2.45) is 0 Å². The molecule has 4 nitrogen and oxygen atoms in total. The Hall–Kier alpha value is -2.33. The number of hydrogen-bond donors (Lipinski definition) is 2. The summed E-state index contributed by atoms with van der Waals surface area (Å²) in [6, 6.07) is 15.8. The fraction of sp³-hybridized carbons (Fsp3) is 0.278. The molecule has 1 aliphatic heterocycles. The molecule has 0 radical (unpaired) electrons. The third-order valence-corrected chi connectivity index (χ3v) is 3.81. The van der Waals surface area contributed by atoms with E-state index in [1.165, 1.54) is 11.1 Å². The number of benzene rings is 2. The largest absolute Gasteiger partial charge is 0.371 e. The molecule has 2 amide bonds. The molecule has 0 saturated carbocycles. The molecule has 0 bridgehead atoms. The Morgan fingerprint density at radius 2 is 2.00 bits per heavy atom. The highest BCUT2D eigenvalue weighted by Crippen LogP contribution is 2.19. The molecule has 2 aromatic rings. The summed E-state index contributed by atoms with van der Waals surface area (Å²) in [7, 11) is 0. The van der Waals surface area contributed by atoms with Gasteiger partial charge in [0.2, 0.25) is 0 Å². The molecule has 1 aliphatic rings. The van der Waals surface area contributed by atoms with Gasteiger partial charge in [0.1, 0.15) is 0 Å². The predicted octanol–water partition coefficient (Wildman–Crippen LogP) is 3.26. The summed E-state index contributed by atoms with van der Waals surface area (Å²) < 4.78 is 5.78. The molecule has 0 saturated heterocycles. The van der Waals surface area contributed by atoms with Crippen molar-refractivity contribution in [3.63, 3.8) is 0 Å². The van der Waals surface area contributed by atoms with Crippen molar-refractivity contribution in [2.45, 2.75) is 26.1 Å². The van der Waals surface area contributed by atoms with Gasteiger partial charge in [0, 0.05) is 18.7 Å². The molecule has 114 valence electrons. The third kappa shape index (κ3) is 3.65. The average Bonchev–Trinajstić information content (AvgIpc) is 2.53. The van der Waals surface area contributed by atoms with Crippen LogP contribution >= 0.6 is 0 Å². The van der Waals surface area contributed by atoms with Gasteiger partial charge in [-0.1, -0.05) is 36.4 Å². The summed E-state index contributed by atoms with van der Waals surface area (Å²) in [5, 5.41) is 5.71. The number of carbonyl (C=O) groups is 1. The topological polar surface area (TPSA) is 50.4 Å². The number of amides is 2. The monoisotopic (exact) mass is 296 g/mol. The van der Waals surface area contributed by atoms with E-state index in [1.807, 2.05) is 43.3 Å². The van der Waals surface area contributed by atoms with Gasteiger partial charge in [-0.2, -0.15) is 0 Å². The number of fused-ring (bicyclic) bond motifs is 1. The van der Waals surface area contributed by atoms with E-state index in [9.17, 15) is 4.79 Å². The third-order valence-electron chi connectivity index (χ3n) is 3.81. The highest BCUT2D eigenvalue weighted by atomic mass is 16.5. The maximum Gasteiger partial charge on any atom is 0.319 e. The Labute approximate surface area is 130 Å². The van der Waals surface area contributed by atoms with E-state index in [2.05, 4.69) is 22.8 Å². The summed E-state index contributed by atoms with van der Waals surface area (Å²) in [5.74, 6) is 0. The van der Waals surface area contributed by atoms with Crippen molar-refractivity contribution in [3.05, 3.63) is 65.2 Å². The molecule has 2 aromatic carbocycles. The van der Waals surface area contributed by atoms with Crippen LogP contribution in [0.1, 0.15) is 16.7 Å². The zero-order chi connectivity index (χ0) is 15.4. The van der Waals surface area contributed by atoms with Gasteiger partial charge in [-0.15, -0.1) is 0 Å². The maximum atomic E-state index is 11.9. The van der Waals surface area contributed by atoms with E-state index in [-0.39, 0.29) is 12.1 Å². The minimum absolute atomic E-state index is 0.0261. The lowest BCUT2D eigenvalue weighted by Crippen LogP contribution is -2.38. The maximum absolute atomic E-state index is 11.9. The Morgan fingerprint density at radius 1 is 1.18 bits per heavy atom. The standard InChI is InChI=1S/C18H20N2O2/c1-13-5-4-8-16(9-13)20-18(21)19-11-17-10-14-6-2-3-7-15(14)12-22-17/h2-9,17H,10-12H2,1H3,(H2,19,20,21). The van der Waals surface area contributed by atoms with Crippen LogP contribution < -0.4 is 10.6 Å². The molecule has 3 rings (SSSR count). The van der Waals surface area contributed by atoms with Gasteiger partial charge >= 0.3 is 6.03 Å². The van der Waals surface area contributed by atoms with Crippen LogP contribution in [0.5, 0.6) is 0 Å². The number of aryl methyl sites for hydroxylation is 1. The van der Waals surface area contributed by atoms with Gasteiger partial charge in [-0.3, -0.25) is 0 Å². The number of rotatable bonds is 3. The number of anilines is 1. The number of carbonyl (C=O) groups excluding carboxylic acids is 1. The highest BCUT2D eigenvalue weighted by molar-refractivity contribution is 5.89. The quantitative estimate of drug-likeness (QED) is 0.913. The number of nitrogens with one attached hydrogen (secondary N) is 2. The van der Waals surface area contributed by atoms with Crippen LogP contribution in [0, 0.1) is 6.92 Å². The van der Waals surface area contributed by atoms with Crippen molar-refractivity contribution in [2.75, 3.05) is 11.9 Å². The van der Waals surface area contributed by atoms with Crippen molar-refractivity contribution >= 4 is 11.7 Å². The molecule has 0 fully saturated rings. The van der Waals surface area contributed by atoms with Gasteiger partial charge < -0.3 is 15.4 Å². The van der Waals surface area contributed by atoms with Crippen molar-refractivity contribution in [1.82, 2.24) is 5.32 Å².